The number of thiocarbonyl (C=S) groups is 1. The number of hydrogen-bond acceptors (Lipinski definition) is 5. The average Bonchev–Trinajstić information content (AvgIpc) is 3.15. The Balaban J connectivity index is 1.75. The summed E-state index contributed by atoms with van der Waals surface area (Å²) in [6, 6.07) is 12.7. The molecule has 0 saturated carbocycles. The molecular weight excluding hydrogens is 594 g/mol. The summed E-state index contributed by atoms with van der Waals surface area (Å²) in [6.45, 7) is 0. The van der Waals surface area contributed by atoms with Crippen LogP contribution in [0.3, 0.4) is 0 Å². The van der Waals surface area contributed by atoms with Crippen molar-refractivity contribution in [3.63, 3.8) is 0 Å². The maximum absolute atomic E-state index is 12.4. The lowest BCUT2D eigenvalue weighted by molar-refractivity contribution is -0.384. The maximum atomic E-state index is 12.4. The number of anilines is 1. The van der Waals surface area contributed by atoms with Gasteiger partial charge in [0.15, 0.2) is 10.9 Å². The summed E-state index contributed by atoms with van der Waals surface area (Å²) < 4.78 is 7.82. The van der Waals surface area contributed by atoms with Gasteiger partial charge in [0, 0.05) is 19.5 Å². The minimum atomic E-state index is -0.586. The molecule has 29 heavy (non-hydrogen) atoms. The number of halogens is 3. The first kappa shape index (κ1) is 21.6. The summed E-state index contributed by atoms with van der Waals surface area (Å²) in [5.41, 5.74) is 0.800. The second-order valence-electron chi connectivity index (χ2n) is 5.59. The number of rotatable bonds is 4. The van der Waals surface area contributed by atoms with Gasteiger partial charge in [0.2, 0.25) is 0 Å². The zero-order chi connectivity index (χ0) is 21.1. The standard InChI is InChI=1S/C18H10Br3N3O4S/c19-9-7-11(20)16(12(21)8-9)22-18(29)23-17(25)15-6-5-14(28-15)10-3-1-2-4-13(10)24(26)27/h1-8H,(H2,22,23,25,29). The van der Waals surface area contributed by atoms with Crippen LogP contribution in [0, 0.1) is 10.1 Å². The van der Waals surface area contributed by atoms with E-state index in [0.29, 0.717) is 5.69 Å². The first-order chi connectivity index (χ1) is 13.8. The molecule has 0 aliphatic heterocycles. The second kappa shape index (κ2) is 9.16. The minimum absolute atomic E-state index is 0.0313. The van der Waals surface area contributed by atoms with Crippen molar-refractivity contribution in [2.75, 3.05) is 5.32 Å². The zero-order valence-corrected chi connectivity index (χ0v) is 19.8. The van der Waals surface area contributed by atoms with Crippen molar-refractivity contribution in [1.29, 1.82) is 0 Å². The molecule has 0 saturated heterocycles. The van der Waals surface area contributed by atoms with E-state index >= 15 is 0 Å². The number of nitro groups is 1. The van der Waals surface area contributed by atoms with Crippen LogP contribution in [-0.4, -0.2) is 15.9 Å². The van der Waals surface area contributed by atoms with E-state index in [9.17, 15) is 14.9 Å². The highest BCUT2D eigenvalue weighted by atomic mass is 79.9. The van der Waals surface area contributed by atoms with Gasteiger partial charge in [-0.2, -0.15) is 0 Å². The van der Waals surface area contributed by atoms with Crippen LogP contribution in [0.25, 0.3) is 11.3 Å². The Kier molecular flexibility index (Phi) is 6.83. The summed E-state index contributed by atoms with van der Waals surface area (Å²) >= 11 is 15.4. The number of amides is 1. The molecule has 11 heteroatoms. The average molecular weight is 604 g/mol. The van der Waals surface area contributed by atoms with E-state index in [0.717, 1.165) is 13.4 Å². The van der Waals surface area contributed by atoms with Crippen LogP contribution in [0.2, 0.25) is 0 Å². The molecule has 3 aromatic rings. The molecule has 1 amide bonds. The van der Waals surface area contributed by atoms with Crippen LogP contribution in [0.4, 0.5) is 11.4 Å². The fourth-order valence-corrected chi connectivity index (χ4v) is 5.07. The Bertz CT molecular complexity index is 1110. The van der Waals surface area contributed by atoms with Crippen molar-refractivity contribution >= 4 is 82.4 Å². The van der Waals surface area contributed by atoms with Gasteiger partial charge in [0.1, 0.15) is 5.76 Å². The smallest absolute Gasteiger partial charge is 0.293 e. The van der Waals surface area contributed by atoms with Crippen molar-refractivity contribution in [1.82, 2.24) is 5.32 Å². The van der Waals surface area contributed by atoms with Gasteiger partial charge in [-0.3, -0.25) is 20.2 Å². The Morgan fingerprint density at radius 1 is 1.07 bits per heavy atom. The molecule has 0 aliphatic rings. The SMILES string of the molecule is O=C(NC(=S)Nc1c(Br)cc(Br)cc1Br)c1ccc(-c2ccccc2[N+](=O)[O-])o1. The molecule has 1 aromatic heterocycles. The third-order valence-corrected chi connectivity index (χ3v) is 5.58. The number of carbonyl (C=O) groups excluding carboxylic acids is 1. The summed E-state index contributed by atoms with van der Waals surface area (Å²) in [6.07, 6.45) is 0. The lowest BCUT2D eigenvalue weighted by atomic mass is 10.1. The number of hydrogen-bond donors (Lipinski definition) is 2. The number of nitro benzene ring substituents is 1. The normalized spacial score (nSPS) is 10.4. The van der Waals surface area contributed by atoms with Gasteiger partial charge < -0.3 is 9.73 Å². The monoisotopic (exact) mass is 601 g/mol. The van der Waals surface area contributed by atoms with Gasteiger partial charge in [-0.05, 0) is 74.4 Å². The fraction of sp³-hybridized carbons (Fsp3) is 0. The Morgan fingerprint density at radius 2 is 1.72 bits per heavy atom. The molecular formula is C18H10Br3N3O4S. The van der Waals surface area contributed by atoms with Gasteiger partial charge in [-0.1, -0.05) is 28.1 Å². The van der Waals surface area contributed by atoms with E-state index in [2.05, 4.69) is 58.4 Å². The molecule has 2 aromatic carbocycles. The Labute approximate surface area is 195 Å². The van der Waals surface area contributed by atoms with Crippen LogP contribution in [0.1, 0.15) is 10.6 Å². The van der Waals surface area contributed by atoms with Crippen LogP contribution in [0.15, 0.2) is 66.4 Å². The van der Waals surface area contributed by atoms with E-state index in [1.165, 1.54) is 18.2 Å². The number of carbonyl (C=O) groups is 1. The maximum Gasteiger partial charge on any atom is 0.293 e. The van der Waals surface area contributed by atoms with E-state index in [4.69, 9.17) is 16.6 Å². The van der Waals surface area contributed by atoms with E-state index in [1.54, 1.807) is 18.2 Å². The summed E-state index contributed by atoms with van der Waals surface area (Å²) in [4.78, 5) is 23.1. The van der Waals surface area contributed by atoms with Crippen molar-refractivity contribution in [3.05, 3.63) is 77.8 Å². The van der Waals surface area contributed by atoms with Gasteiger partial charge in [-0.25, -0.2) is 0 Å². The number of furan rings is 1. The molecule has 3 rings (SSSR count). The molecule has 0 spiro atoms. The van der Waals surface area contributed by atoms with Crippen molar-refractivity contribution < 1.29 is 14.1 Å². The molecule has 2 N–H and O–H groups in total. The quantitative estimate of drug-likeness (QED) is 0.207. The predicted molar refractivity (Wildman–Crippen MR) is 124 cm³/mol. The molecule has 0 fully saturated rings. The first-order valence-corrected chi connectivity index (χ1v) is 10.7. The Hall–Kier alpha value is -2.08. The third kappa shape index (κ3) is 5.10. The van der Waals surface area contributed by atoms with Gasteiger partial charge in [0.25, 0.3) is 11.6 Å². The third-order valence-electron chi connectivity index (χ3n) is 3.67. The molecule has 0 unspecified atom stereocenters. The lowest BCUT2D eigenvalue weighted by Gasteiger charge is -2.12. The molecule has 7 nitrogen and oxygen atoms in total. The van der Waals surface area contributed by atoms with Gasteiger partial charge >= 0.3 is 0 Å². The summed E-state index contributed by atoms with van der Waals surface area (Å²) in [5.74, 6) is -0.410. The molecule has 1 heterocycles. The summed E-state index contributed by atoms with van der Waals surface area (Å²) in [7, 11) is 0. The molecule has 0 atom stereocenters. The molecule has 0 bridgehead atoms. The van der Waals surface area contributed by atoms with Crippen LogP contribution in [0.5, 0.6) is 0 Å². The zero-order valence-electron chi connectivity index (χ0n) is 14.2. The summed E-state index contributed by atoms with van der Waals surface area (Å²) in [5, 5.41) is 16.7. The van der Waals surface area contributed by atoms with Gasteiger partial charge in [-0.15, -0.1) is 0 Å². The number of nitrogens with zero attached hydrogens (tertiary/aromatic N) is 1. The molecule has 0 aliphatic carbocycles. The highest BCUT2D eigenvalue weighted by Gasteiger charge is 2.20. The van der Waals surface area contributed by atoms with E-state index < -0.39 is 10.8 Å². The minimum Gasteiger partial charge on any atom is -0.451 e. The molecule has 148 valence electrons. The van der Waals surface area contributed by atoms with Crippen LogP contribution in [-0.2, 0) is 0 Å². The van der Waals surface area contributed by atoms with Crippen LogP contribution < -0.4 is 10.6 Å². The fourth-order valence-electron chi connectivity index (χ4n) is 2.42. The van der Waals surface area contributed by atoms with Crippen molar-refractivity contribution in [2.45, 2.75) is 0 Å². The van der Waals surface area contributed by atoms with E-state index in [-0.39, 0.29) is 27.9 Å². The van der Waals surface area contributed by atoms with Gasteiger partial charge in [0.05, 0.1) is 16.2 Å². The highest BCUT2D eigenvalue weighted by molar-refractivity contribution is 9.11. The highest BCUT2D eigenvalue weighted by Crippen LogP contribution is 2.34. The largest absolute Gasteiger partial charge is 0.451 e. The van der Waals surface area contributed by atoms with E-state index in [1.807, 2.05) is 12.1 Å². The number of benzene rings is 2. The van der Waals surface area contributed by atoms with Crippen molar-refractivity contribution in [2.24, 2.45) is 0 Å². The first-order valence-electron chi connectivity index (χ1n) is 7.86. The molecule has 0 radical (unpaired) electrons. The second-order valence-corrected chi connectivity index (χ2v) is 8.62. The lowest BCUT2D eigenvalue weighted by Crippen LogP contribution is -2.34. The predicted octanol–water partition coefficient (Wildman–Crippen LogP) is 6.27. The van der Waals surface area contributed by atoms with Crippen molar-refractivity contribution in [3.8, 4) is 11.3 Å². The number of nitrogens with one attached hydrogen (secondary N) is 2. The number of para-hydroxylation sites is 1. The van der Waals surface area contributed by atoms with Crippen LogP contribution >= 0.6 is 60.0 Å². The topological polar surface area (TPSA) is 97.4 Å². The Morgan fingerprint density at radius 3 is 2.38 bits per heavy atom.